The van der Waals surface area contributed by atoms with Crippen molar-refractivity contribution >= 4 is 5.91 Å². The third kappa shape index (κ3) is 3.14. The molecule has 108 valence electrons. The number of aliphatic hydroxyl groups excluding tert-OH is 1. The van der Waals surface area contributed by atoms with Gasteiger partial charge in [-0.25, -0.2) is 0 Å². The molecule has 3 heteroatoms. The predicted octanol–water partition coefficient (Wildman–Crippen LogP) is 2.64. The number of hydrogen-bond donors (Lipinski definition) is 2. The summed E-state index contributed by atoms with van der Waals surface area (Å²) in [7, 11) is 0. The van der Waals surface area contributed by atoms with E-state index >= 15 is 0 Å². The molecule has 0 saturated heterocycles. The number of aliphatic hydroxyl groups is 1. The van der Waals surface area contributed by atoms with Crippen LogP contribution >= 0.6 is 0 Å². The molecule has 21 heavy (non-hydrogen) atoms. The highest BCUT2D eigenvalue weighted by Gasteiger charge is 2.15. The fourth-order valence-corrected chi connectivity index (χ4v) is 2.80. The number of carbonyl (C=O) groups excluding carboxylic acids is 1. The van der Waals surface area contributed by atoms with E-state index in [1.807, 2.05) is 48.5 Å². The Bertz CT molecular complexity index is 637. The maximum atomic E-state index is 12.2. The summed E-state index contributed by atoms with van der Waals surface area (Å²) in [6.45, 7) is 0.222. The average molecular weight is 281 g/mol. The molecule has 0 bridgehead atoms. The maximum absolute atomic E-state index is 12.2. The number of hydrogen-bond acceptors (Lipinski definition) is 2. The molecule has 1 atom stereocenters. The number of rotatable bonds is 4. The molecule has 1 amide bonds. The van der Waals surface area contributed by atoms with Gasteiger partial charge in [-0.3, -0.25) is 4.79 Å². The van der Waals surface area contributed by atoms with Crippen LogP contribution in [0.1, 0.15) is 39.6 Å². The molecule has 0 heterocycles. The molecule has 1 unspecified atom stereocenters. The number of nitrogens with one attached hydrogen (secondary N) is 1. The summed E-state index contributed by atoms with van der Waals surface area (Å²) in [5.74, 6) is -0.125. The summed E-state index contributed by atoms with van der Waals surface area (Å²) >= 11 is 0. The number of amides is 1. The molecule has 3 rings (SSSR count). The summed E-state index contributed by atoms with van der Waals surface area (Å²) in [5, 5.41) is 12.9. The third-order valence-electron chi connectivity index (χ3n) is 4.00. The molecule has 0 aromatic heterocycles. The predicted molar refractivity (Wildman–Crippen MR) is 82.2 cm³/mol. The summed E-state index contributed by atoms with van der Waals surface area (Å²) in [6.07, 6.45) is 2.67. The van der Waals surface area contributed by atoms with Crippen LogP contribution in [0.5, 0.6) is 0 Å². The Morgan fingerprint density at radius 1 is 1.10 bits per heavy atom. The van der Waals surface area contributed by atoms with Crippen molar-refractivity contribution in [3.05, 3.63) is 70.8 Å². The van der Waals surface area contributed by atoms with Crippen LogP contribution in [0.15, 0.2) is 48.5 Å². The van der Waals surface area contributed by atoms with Crippen LogP contribution in [0.2, 0.25) is 0 Å². The topological polar surface area (TPSA) is 49.3 Å². The van der Waals surface area contributed by atoms with E-state index in [2.05, 4.69) is 5.32 Å². The van der Waals surface area contributed by atoms with Crippen LogP contribution in [0.4, 0.5) is 0 Å². The molecule has 2 aromatic carbocycles. The lowest BCUT2D eigenvalue weighted by Gasteiger charge is -2.12. The standard InChI is InChI=1S/C18H19NO2/c20-17(14-5-2-1-3-6-14)12-19-18(21)16-10-9-13-7-4-8-15(13)11-16/h1-3,5-6,9-11,17,20H,4,7-8,12H2,(H,19,21). The highest BCUT2D eigenvalue weighted by atomic mass is 16.3. The van der Waals surface area contributed by atoms with Gasteiger partial charge in [0.1, 0.15) is 0 Å². The van der Waals surface area contributed by atoms with Gasteiger partial charge in [-0.1, -0.05) is 36.4 Å². The number of fused-ring (bicyclic) bond motifs is 1. The van der Waals surface area contributed by atoms with Gasteiger partial charge < -0.3 is 10.4 Å². The van der Waals surface area contributed by atoms with Crippen LogP contribution in [-0.2, 0) is 12.8 Å². The highest BCUT2D eigenvalue weighted by molar-refractivity contribution is 5.94. The van der Waals surface area contributed by atoms with Gasteiger partial charge in [0.15, 0.2) is 0 Å². The SMILES string of the molecule is O=C(NCC(O)c1ccccc1)c1ccc2c(c1)CCC2. The Hall–Kier alpha value is -2.13. The molecule has 1 aliphatic rings. The minimum Gasteiger partial charge on any atom is -0.387 e. The van der Waals surface area contributed by atoms with Crippen molar-refractivity contribution in [2.75, 3.05) is 6.54 Å². The van der Waals surface area contributed by atoms with E-state index in [0.717, 1.165) is 18.4 Å². The van der Waals surface area contributed by atoms with E-state index in [9.17, 15) is 9.90 Å². The fraction of sp³-hybridized carbons (Fsp3) is 0.278. The molecule has 0 aliphatic heterocycles. The molecule has 0 spiro atoms. The second-order valence-corrected chi connectivity index (χ2v) is 5.47. The van der Waals surface area contributed by atoms with Gasteiger partial charge in [0.2, 0.25) is 0 Å². The maximum Gasteiger partial charge on any atom is 0.251 e. The minimum absolute atomic E-state index is 0.125. The first kappa shape index (κ1) is 13.8. The van der Waals surface area contributed by atoms with E-state index < -0.39 is 6.10 Å². The minimum atomic E-state index is -0.676. The third-order valence-corrected chi connectivity index (χ3v) is 4.00. The number of benzene rings is 2. The lowest BCUT2D eigenvalue weighted by Crippen LogP contribution is -2.28. The van der Waals surface area contributed by atoms with Gasteiger partial charge in [0.05, 0.1) is 6.10 Å². The molecule has 3 nitrogen and oxygen atoms in total. The first-order valence-corrected chi connectivity index (χ1v) is 7.37. The van der Waals surface area contributed by atoms with Gasteiger partial charge in [-0.05, 0) is 48.1 Å². The van der Waals surface area contributed by atoms with Crippen molar-refractivity contribution < 1.29 is 9.90 Å². The lowest BCUT2D eigenvalue weighted by molar-refractivity contribution is 0.0916. The first-order chi connectivity index (χ1) is 10.2. The van der Waals surface area contributed by atoms with Crippen LogP contribution in [0.3, 0.4) is 0 Å². The molecule has 0 saturated carbocycles. The second-order valence-electron chi connectivity index (χ2n) is 5.47. The van der Waals surface area contributed by atoms with Crippen molar-refractivity contribution in [2.45, 2.75) is 25.4 Å². The van der Waals surface area contributed by atoms with Gasteiger partial charge in [-0.2, -0.15) is 0 Å². The summed E-state index contributed by atoms with van der Waals surface area (Å²) in [6, 6.07) is 15.3. The van der Waals surface area contributed by atoms with Crippen molar-refractivity contribution in [3.63, 3.8) is 0 Å². The molecular weight excluding hydrogens is 262 g/mol. The van der Waals surface area contributed by atoms with E-state index in [1.54, 1.807) is 0 Å². The van der Waals surface area contributed by atoms with Crippen LogP contribution in [0, 0.1) is 0 Å². The Morgan fingerprint density at radius 3 is 2.67 bits per heavy atom. The average Bonchev–Trinajstić information content (AvgIpc) is 3.00. The highest BCUT2D eigenvalue weighted by Crippen LogP contribution is 2.22. The Morgan fingerprint density at radius 2 is 1.86 bits per heavy atom. The van der Waals surface area contributed by atoms with E-state index in [1.165, 1.54) is 17.5 Å². The van der Waals surface area contributed by atoms with Gasteiger partial charge in [0.25, 0.3) is 5.91 Å². The zero-order valence-electron chi connectivity index (χ0n) is 11.9. The first-order valence-electron chi connectivity index (χ1n) is 7.37. The van der Waals surface area contributed by atoms with Crippen LogP contribution in [0.25, 0.3) is 0 Å². The van der Waals surface area contributed by atoms with Gasteiger partial charge in [0, 0.05) is 12.1 Å². The Balaban J connectivity index is 1.62. The largest absolute Gasteiger partial charge is 0.387 e. The summed E-state index contributed by atoms with van der Waals surface area (Å²) < 4.78 is 0. The van der Waals surface area contributed by atoms with Crippen molar-refractivity contribution in [3.8, 4) is 0 Å². The Labute approximate surface area is 124 Å². The smallest absolute Gasteiger partial charge is 0.251 e. The zero-order chi connectivity index (χ0) is 14.7. The molecule has 2 aromatic rings. The molecule has 1 aliphatic carbocycles. The van der Waals surface area contributed by atoms with Gasteiger partial charge in [-0.15, -0.1) is 0 Å². The molecular formula is C18H19NO2. The number of carbonyl (C=O) groups is 1. The molecule has 2 N–H and O–H groups in total. The monoisotopic (exact) mass is 281 g/mol. The quantitative estimate of drug-likeness (QED) is 0.905. The normalized spacial score (nSPS) is 14.5. The van der Waals surface area contributed by atoms with Gasteiger partial charge >= 0.3 is 0 Å². The van der Waals surface area contributed by atoms with E-state index in [0.29, 0.717) is 5.56 Å². The molecule has 0 radical (unpaired) electrons. The Kier molecular flexibility index (Phi) is 4.02. The van der Waals surface area contributed by atoms with Crippen molar-refractivity contribution in [2.24, 2.45) is 0 Å². The second kappa shape index (κ2) is 6.10. The summed E-state index contributed by atoms with van der Waals surface area (Å²) in [4.78, 5) is 12.2. The fourth-order valence-electron chi connectivity index (χ4n) is 2.80. The van der Waals surface area contributed by atoms with E-state index in [4.69, 9.17) is 0 Å². The zero-order valence-corrected chi connectivity index (χ0v) is 11.9. The van der Waals surface area contributed by atoms with E-state index in [-0.39, 0.29) is 12.5 Å². The lowest BCUT2D eigenvalue weighted by atomic mass is 10.1. The van der Waals surface area contributed by atoms with Crippen LogP contribution < -0.4 is 5.32 Å². The molecule has 0 fully saturated rings. The summed E-state index contributed by atoms with van der Waals surface area (Å²) in [5.41, 5.74) is 4.13. The van der Waals surface area contributed by atoms with Crippen LogP contribution in [-0.4, -0.2) is 17.6 Å². The van der Waals surface area contributed by atoms with Crippen molar-refractivity contribution in [1.29, 1.82) is 0 Å². The van der Waals surface area contributed by atoms with Crippen molar-refractivity contribution in [1.82, 2.24) is 5.32 Å². The number of aryl methyl sites for hydroxylation is 2.